The zero-order valence-corrected chi connectivity index (χ0v) is 6.53. The highest BCUT2D eigenvalue weighted by Crippen LogP contribution is 2.01. The molecule has 0 unspecified atom stereocenters. The molecule has 1 heterocycles. The first-order chi connectivity index (χ1) is 5.38. The SMILES string of the molecule is C=CCN1C=CNN1CC=C. The summed E-state index contributed by atoms with van der Waals surface area (Å²) in [5.74, 6) is 0. The van der Waals surface area contributed by atoms with Gasteiger partial charge in [-0.15, -0.1) is 18.3 Å². The van der Waals surface area contributed by atoms with Gasteiger partial charge in [0.2, 0.25) is 0 Å². The minimum absolute atomic E-state index is 0.793. The number of nitrogens with zero attached hydrogens (tertiary/aromatic N) is 2. The van der Waals surface area contributed by atoms with Crippen LogP contribution in [0.15, 0.2) is 37.7 Å². The van der Waals surface area contributed by atoms with Gasteiger partial charge in [0.25, 0.3) is 0 Å². The molecule has 0 atom stereocenters. The van der Waals surface area contributed by atoms with Gasteiger partial charge in [-0.25, -0.2) is 0 Å². The van der Waals surface area contributed by atoms with Crippen molar-refractivity contribution in [2.24, 2.45) is 0 Å². The molecule has 0 bridgehead atoms. The Morgan fingerprint density at radius 1 is 1.27 bits per heavy atom. The van der Waals surface area contributed by atoms with E-state index in [2.05, 4.69) is 18.6 Å². The van der Waals surface area contributed by atoms with E-state index >= 15 is 0 Å². The summed E-state index contributed by atoms with van der Waals surface area (Å²) in [6.07, 6.45) is 7.54. The van der Waals surface area contributed by atoms with Crippen molar-refractivity contribution < 1.29 is 0 Å². The van der Waals surface area contributed by atoms with E-state index in [4.69, 9.17) is 0 Å². The van der Waals surface area contributed by atoms with Crippen LogP contribution in [-0.4, -0.2) is 23.2 Å². The Bertz CT molecular complexity index is 174. The van der Waals surface area contributed by atoms with E-state index in [1.165, 1.54) is 0 Å². The molecular weight excluding hydrogens is 138 g/mol. The summed E-state index contributed by atoms with van der Waals surface area (Å²) in [7, 11) is 0. The molecule has 0 aromatic carbocycles. The normalized spacial score (nSPS) is 16.5. The van der Waals surface area contributed by atoms with Crippen LogP contribution in [0, 0.1) is 0 Å². The highest BCUT2D eigenvalue weighted by atomic mass is 15.8. The summed E-state index contributed by atoms with van der Waals surface area (Å²) in [6, 6.07) is 0. The van der Waals surface area contributed by atoms with E-state index in [1.54, 1.807) is 0 Å². The molecule has 3 heteroatoms. The molecule has 1 rings (SSSR count). The second-order valence-electron chi connectivity index (χ2n) is 2.23. The van der Waals surface area contributed by atoms with E-state index in [0.29, 0.717) is 0 Å². The van der Waals surface area contributed by atoms with E-state index in [-0.39, 0.29) is 0 Å². The Morgan fingerprint density at radius 3 is 2.64 bits per heavy atom. The van der Waals surface area contributed by atoms with Crippen molar-refractivity contribution in [3.05, 3.63) is 37.7 Å². The van der Waals surface area contributed by atoms with Crippen molar-refractivity contribution in [1.29, 1.82) is 0 Å². The molecule has 0 aromatic rings. The van der Waals surface area contributed by atoms with Crippen LogP contribution < -0.4 is 5.43 Å². The van der Waals surface area contributed by atoms with Gasteiger partial charge in [0.1, 0.15) is 0 Å². The van der Waals surface area contributed by atoms with Crippen molar-refractivity contribution in [3.8, 4) is 0 Å². The number of hydrogen-bond acceptors (Lipinski definition) is 3. The lowest BCUT2D eigenvalue weighted by Gasteiger charge is -2.25. The van der Waals surface area contributed by atoms with E-state index in [9.17, 15) is 0 Å². The Hall–Kier alpha value is -1.22. The number of nitrogens with one attached hydrogen (secondary N) is 1. The number of hydrogen-bond donors (Lipinski definition) is 1. The molecule has 0 fully saturated rings. The fourth-order valence-electron chi connectivity index (χ4n) is 0.932. The van der Waals surface area contributed by atoms with Crippen molar-refractivity contribution in [2.75, 3.05) is 13.1 Å². The molecule has 1 aliphatic rings. The van der Waals surface area contributed by atoms with Crippen molar-refractivity contribution in [2.45, 2.75) is 0 Å². The first kappa shape index (κ1) is 7.88. The van der Waals surface area contributed by atoms with Crippen LogP contribution in [-0.2, 0) is 0 Å². The van der Waals surface area contributed by atoms with Gasteiger partial charge in [-0.2, -0.15) is 0 Å². The molecule has 1 aliphatic heterocycles. The summed E-state index contributed by atoms with van der Waals surface area (Å²) < 4.78 is 0. The average Bonchev–Trinajstić information content (AvgIpc) is 2.39. The topological polar surface area (TPSA) is 18.5 Å². The average molecular weight is 151 g/mol. The van der Waals surface area contributed by atoms with Crippen LogP contribution in [0.5, 0.6) is 0 Å². The zero-order chi connectivity index (χ0) is 8.10. The molecule has 0 saturated heterocycles. The van der Waals surface area contributed by atoms with Gasteiger partial charge in [-0.05, 0) is 0 Å². The van der Waals surface area contributed by atoms with Gasteiger partial charge in [0.15, 0.2) is 0 Å². The molecule has 0 aromatic heterocycles. The van der Waals surface area contributed by atoms with Crippen LogP contribution in [0.1, 0.15) is 0 Å². The summed E-state index contributed by atoms with van der Waals surface area (Å²) >= 11 is 0. The number of hydrazine groups is 2. The van der Waals surface area contributed by atoms with E-state index in [0.717, 1.165) is 13.1 Å². The molecule has 0 amide bonds. The molecule has 0 spiro atoms. The third kappa shape index (κ3) is 1.85. The lowest BCUT2D eigenvalue weighted by molar-refractivity contribution is 0.0310. The lowest BCUT2D eigenvalue weighted by Crippen LogP contribution is -2.41. The minimum Gasteiger partial charge on any atom is -0.307 e. The van der Waals surface area contributed by atoms with Gasteiger partial charge in [0, 0.05) is 12.4 Å². The standard InChI is InChI=1S/C8H13N3/c1-3-6-10-8-5-9-11(10)7-4-2/h3-5,8-9H,1-2,6-7H2. The Morgan fingerprint density at radius 2 is 2.00 bits per heavy atom. The maximum absolute atomic E-state index is 3.66. The predicted octanol–water partition coefficient (Wildman–Crippen LogP) is 0.867. The molecule has 0 saturated carbocycles. The van der Waals surface area contributed by atoms with Gasteiger partial charge in [-0.3, -0.25) is 5.01 Å². The third-order valence-corrected chi connectivity index (χ3v) is 1.40. The van der Waals surface area contributed by atoms with Crippen molar-refractivity contribution in [1.82, 2.24) is 15.6 Å². The van der Waals surface area contributed by atoms with Gasteiger partial charge in [0.05, 0.1) is 13.1 Å². The first-order valence-corrected chi connectivity index (χ1v) is 3.57. The second-order valence-corrected chi connectivity index (χ2v) is 2.23. The Balaban J connectivity index is 2.41. The Labute approximate surface area is 67.2 Å². The second kappa shape index (κ2) is 3.83. The summed E-state index contributed by atoms with van der Waals surface area (Å²) in [5, 5.41) is 3.98. The smallest absolute Gasteiger partial charge is 0.0569 e. The molecule has 3 nitrogen and oxygen atoms in total. The molecule has 11 heavy (non-hydrogen) atoms. The van der Waals surface area contributed by atoms with Gasteiger partial charge >= 0.3 is 0 Å². The minimum atomic E-state index is 0.793. The van der Waals surface area contributed by atoms with Crippen LogP contribution in [0.4, 0.5) is 0 Å². The molecular formula is C8H13N3. The highest BCUT2D eigenvalue weighted by Gasteiger charge is 2.10. The monoisotopic (exact) mass is 151 g/mol. The predicted molar refractivity (Wildman–Crippen MR) is 46.1 cm³/mol. The third-order valence-electron chi connectivity index (χ3n) is 1.40. The molecule has 1 N–H and O–H groups in total. The van der Waals surface area contributed by atoms with Crippen LogP contribution in [0.25, 0.3) is 0 Å². The summed E-state index contributed by atoms with van der Waals surface area (Å²) in [5.41, 5.74) is 3.05. The number of rotatable bonds is 4. The summed E-state index contributed by atoms with van der Waals surface area (Å²) in [4.78, 5) is 0. The molecule has 0 radical (unpaired) electrons. The van der Waals surface area contributed by atoms with Crippen molar-refractivity contribution in [3.63, 3.8) is 0 Å². The fourth-order valence-corrected chi connectivity index (χ4v) is 0.932. The lowest BCUT2D eigenvalue weighted by atomic mass is 10.6. The largest absolute Gasteiger partial charge is 0.307 e. The fraction of sp³-hybridized carbons (Fsp3) is 0.250. The maximum Gasteiger partial charge on any atom is 0.0569 e. The summed E-state index contributed by atoms with van der Waals surface area (Å²) in [6.45, 7) is 8.93. The van der Waals surface area contributed by atoms with Crippen molar-refractivity contribution >= 4 is 0 Å². The zero-order valence-electron chi connectivity index (χ0n) is 6.53. The van der Waals surface area contributed by atoms with Crippen LogP contribution >= 0.6 is 0 Å². The molecule has 60 valence electrons. The highest BCUT2D eigenvalue weighted by molar-refractivity contribution is 4.90. The molecule has 0 aliphatic carbocycles. The van der Waals surface area contributed by atoms with Gasteiger partial charge < -0.3 is 5.43 Å². The van der Waals surface area contributed by atoms with E-state index in [1.807, 2.05) is 34.7 Å². The van der Waals surface area contributed by atoms with E-state index < -0.39 is 0 Å². The van der Waals surface area contributed by atoms with Crippen LogP contribution in [0.2, 0.25) is 0 Å². The maximum atomic E-state index is 3.66. The first-order valence-electron chi connectivity index (χ1n) is 3.57. The van der Waals surface area contributed by atoms with Crippen LogP contribution in [0.3, 0.4) is 0 Å². The quantitative estimate of drug-likeness (QED) is 0.601. The van der Waals surface area contributed by atoms with Gasteiger partial charge in [-0.1, -0.05) is 12.2 Å². The Kier molecular flexibility index (Phi) is 2.74.